The molecule has 2 aromatic rings. The predicted molar refractivity (Wildman–Crippen MR) is 99.3 cm³/mol. The van der Waals surface area contributed by atoms with E-state index in [1.165, 1.54) is 0 Å². The molecule has 6 nitrogen and oxygen atoms in total. The molecule has 0 aliphatic rings. The number of aliphatic imine (C=N–C) groups is 1. The number of hydrogen-bond donors (Lipinski definition) is 2. The van der Waals surface area contributed by atoms with Gasteiger partial charge in [0.2, 0.25) is 0 Å². The van der Waals surface area contributed by atoms with Crippen molar-refractivity contribution in [2.45, 2.75) is 13.3 Å². The van der Waals surface area contributed by atoms with Crippen molar-refractivity contribution in [2.24, 2.45) is 4.99 Å². The first kappa shape index (κ1) is 18.2. The predicted octanol–water partition coefficient (Wildman–Crippen LogP) is 3.68. The standard InChI is InChI=1S/C17H22BrN3O3/c1-4-23-15-11-12(5-7-14(15)22-3)21-17(19-2)20-10-9-13-6-8-16(18)24-13/h5-8,11H,4,9-10H2,1-3H3,(H2,19,20,21). The average molecular weight is 396 g/mol. The van der Waals surface area contributed by atoms with Gasteiger partial charge < -0.3 is 24.5 Å². The highest BCUT2D eigenvalue weighted by molar-refractivity contribution is 9.10. The topological polar surface area (TPSA) is 68.0 Å². The van der Waals surface area contributed by atoms with Gasteiger partial charge in [-0.15, -0.1) is 0 Å². The first-order valence-electron chi connectivity index (χ1n) is 7.69. The van der Waals surface area contributed by atoms with Gasteiger partial charge in [0.1, 0.15) is 5.76 Å². The summed E-state index contributed by atoms with van der Waals surface area (Å²) in [6, 6.07) is 9.49. The Bertz CT molecular complexity index is 685. The zero-order valence-electron chi connectivity index (χ0n) is 14.1. The summed E-state index contributed by atoms with van der Waals surface area (Å²) in [4.78, 5) is 4.22. The minimum Gasteiger partial charge on any atom is -0.493 e. The van der Waals surface area contributed by atoms with Gasteiger partial charge in [0, 0.05) is 31.8 Å². The van der Waals surface area contributed by atoms with Crippen LogP contribution in [0.3, 0.4) is 0 Å². The van der Waals surface area contributed by atoms with E-state index >= 15 is 0 Å². The van der Waals surface area contributed by atoms with Crippen molar-refractivity contribution in [2.75, 3.05) is 32.6 Å². The Morgan fingerprint density at radius 3 is 2.71 bits per heavy atom. The van der Waals surface area contributed by atoms with Gasteiger partial charge in [-0.2, -0.15) is 0 Å². The number of rotatable bonds is 7. The van der Waals surface area contributed by atoms with Crippen LogP contribution in [0.5, 0.6) is 11.5 Å². The van der Waals surface area contributed by atoms with E-state index < -0.39 is 0 Å². The molecular weight excluding hydrogens is 374 g/mol. The molecule has 0 aliphatic carbocycles. The summed E-state index contributed by atoms with van der Waals surface area (Å²) < 4.78 is 17.1. The van der Waals surface area contributed by atoms with Gasteiger partial charge in [0.05, 0.1) is 13.7 Å². The summed E-state index contributed by atoms with van der Waals surface area (Å²) in [7, 11) is 3.35. The summed E-state index contributed by atoms with van der Waals surface area (Å²) >= 11 is 3.30. The molecule has 0 aliphatic heterocycles. The van der Waals surface area contributed by atoms with Crippen LogP contribution >= 0.6 is 15.9 Å². The summed E-state index contributed by atoms with van der Waals surface area (Å²) in [5.41, 5.74) is 0.869. The molecule has 0 saturated carbocycles. The number of guanidine groups is 1. The Morgan fingerprint density at radius 2 is 2.08 bits per heavy atom. The molecule has 1 heterocycles. The minimum absolute atomic E-state index is 0.575. The molecular formula is C17H22BrN3O3. The lowest BCUT2D eigenvalue weighted by Crippen LogP contribution is -2.32. The van der Waals surface area contributed by atoms with Crippen LogP contribution in [0.2, 0.25) is 0 Å². The maximum Gasteiger partial charge on any atom is 0.195 e. The van der Waals surface area contributed by atoms with Crippen LogP contribution in [0.1, 0.15) is 12.7 Å². The lowest BCUT2D eigenvalue weighted by Gasteiger charge is -2.14. The number of benzene rings is 1. The normalized spacial score (nSPS) is 11.2. The van der Waals surface area contributed by atoms with Crippen molar-refractivity contribution in [3.05, 3.63) is 40.8 Å². The smallest absolute Gasteiger partial charge is 0.195 e. The van der Waals surface area contributed by atoms with Crippen molar-refractivity contribution in [3.8, 4) is 11.5 Å². The summed E-state index contributed by atoms with van der Waals surface area (Å²) in [6.07, 6.45) is 0.763. The molecule has 1 aromatic heterocycles. The number of nitrogens with zero attached hydrogens (tertiary/aromatic N) is 1. The number of halogens is 1. The van der Waals surface area contributed by atoms with Gasteiger partial charge in [-0.05, 0) is 47.1 Å². The van der Waals surface area contributed by atoms with E-state index in [1.54, 1.807) is 14.2 Å². The highest BCUT2D eigenvalue weighted by Crippen LogP contribution is 2.30. The van der Waals surface area contributed by atoms with Crippen LogP contribution in [0, 0.1) is 0 Å². The second kappa shape index (κ2) is 9.22. The molecule has 0 atom stereocenters. The van der Waals surface area contributed by atoms with Crippen LogP contribution in [-0.4, -0.2) is 33.3 Å². The second-order valence-electron chi connectivity index (χ2n) is 4.88. The van der Waals surface area contributed by atoms with E-state index in [-0.39, 0.29) is 0 Å². The third-order valence-corrected chi connectivity index (χ3v) is 3.67. The SMILES string of the molecule is CCOc1cc(NC(=NC)NCCc2ccc(Br)o2)ccc1OC. The monoisotopic (exact) mass is 395 g/mol. The highest BCUT2D eigenvalue weighted by Gasteiger charge is 2.07. The largest absolute Gasteiger partial charge is 0.493 e. The molecule has 0 unspecified atom stereocenters. The third-order valence-electron chi connectivity index (χ3n) is 3.24. The van der Waals surface area contributed by atoms with Crippen molar-refractivity contribution in [3.63, 3.8) is 0 Å². The molecule has 7 heteroatoms. The second-order valence-corrected chi connectivity index (χ2v) is 5.66. The Hall–Kier alpha value is -2.15. The minimum atomic E-state index is 0.575. The molecule has 0 fully saturated rings. The molecule has 24 heavy (non-hydrogen) atoms. The number of hydrogen-bond acceptors (Lipinski definition) is 4. The Labute approximate surface area is 150 Å². The van der Waals surface area contributed by atoms with E-state index in [0.717, 1.165) is 22.5 Å². The van der Waals surface area contributed by atoms with Crippen molar-refractivity contribution in [1.29, 1.82) is 0 Å². The van der Waals surface area contributed by atoms with Crippen LogP contribution in [0.25, 0.3) is 0 Å². The summed E-state index contributed by atoms with van der Waals surface area (Å²) in [5.74, 6) is 2.98. The fourth-order valence-electron chi connectivity index (χ4n) is 2.13. The molecule has 0 amide bonds. The van der Waals surface area contributed by atoms with Crippen LogP contribution in [-0.2, 0) is 6.42 Å². The van der Waals surface area contributed by atoms with Crippen molar-refractivity contribution >= 4 is 27.6 Å². The number of furan rings is 1. The fraction of sp³-hybridized carbons (Fsp3) is 0.353. The summed E-state index contributed by atoms with van der Waals surface area (Å²) in [6.45, 7) is 3.21. The van der Waals surface area contributed by atoms with Gasteiger partial charge in [-0.3, -0.25) is 4.99 Å². The highest BCUT2D eigenvalue weighted by atomic mass is 79.9. The van der Waals surface area contributed by atoms with Crippen LogP contribution in [0.15, 0.2) is 44.4 Å². The van der Waals surface area contributed by atoms with Gasteiger partial charge in [0.25, 0.3) is 0 Å². The molecule has 0 spiro atoms. The number of nitrogens with one attached hydrogen (secondary N) is 2. The lowest BCUT2D eigenvalue weighted by atomic mass is 10.2. The van der Waals surface area contributed by atoms with Crippen LogP contribution < -0.4 is 20.1 Å². The quantitative estimate of drug-likeness (QED) is 0.552. The van der Waals surface area contributed by atoms with Gasteiger partial charge >= 0.3 is 0 Å². The maximum absolute atomic E-state index is 5.58. The first-order chi connectivity index (χ1) is 11.7. The Morgan fingerprint density at radius 1 is 1.25 bits per heavy atom. The third kappa shape index (κ3) is 5.19. The first-order valence-corrected chi connectivity index (χ1v) is 8.48. The van der Waals surface area contributed by atoms with E-state index in [2.05, 4.69) is 31.6 Å². The van der Waals surface area contributed by atoms with Gasteiger partial charge in [0.15, 0.2) is 22.1 Å². The lowest BCUT2D eigenvalue weighted by molar-refractivity contribution is 0.311. The molecule has 0 radical (unpaired) electrons. The molecule has 0 saturated heterocycles. The molecule has 0 bridgehead atoms. The molecule has 2 rings (SSSR count). The number of anilines is 1. The van der Waals surface area contributed by atoms with Crippen LogP contribution in [0.4, 0.5) is 5.69 Å². The van der Waals surface area contributed by atoms with E-state index in [0.29, 0.717) is 30.6 Å². The zero-order valence-corrected chi connectivity index (χ0v) is 15.6. The zero-order chi connectivity index (χ0) is 17.4. The maximum atomic E-state index is 5.58. The summed E-state index contributed by atoms with van der Waals surface area (Å²) in [5, 5.41) is 6.48. The van der Waals surface area contributed by atoms with Gasteiger partial charge in [-0.1, -0.05) is 0 Å². The van der Waals surface area contributed by atoms with Crippen molar-refractivity contribution < 1.29 is 13.9 Å². The van der Waals surface area contributed by atoms with Gasteiger partial charge in [-0.25, -0.2) is 0 Å². The fourth-order valence-corrected chi connectivity index (χ4v) is 2.47. The Kier molecular flexibility index (Phi) is 6.99. The number of ether oxygens (including phenoxy) is 2. The molecule has 2 N–H and O–H groups in total. The van der Waals surface area contributed by atoms with E-state index in [9.17, 15) is 0 Å². The van der Waals surface area contributed by atoms with E-state index in [1.807, 2.05) is 37.3 Å². The number of methoxy groups -OCH3 is 1. The van der Waals surface area contributed by atoms with Crippen molar-refractivity contribution in [1.82, 2.24) is 5.32 Å². The molecule has 1 aromatic carbocycles. The Balaban J connectivity index is 1.93. The molecule has 130 valence electrons. The average Bonchev–Trinajstić information content (AvgIpc) is 3.00. The van der Waals surface area contributed by atoms with E-state index in [4.69, 9.17) is 13.9 Å².